The summed E-state index contributed by atoms with van der Waals surface area (Å²) in [6, 6.07) is 0. The quantitative estimate of drug-likeness (QED) is 0.850. The van der Waals surface area contributed by atoms with E-state index >= 15 is 0 Å². The number of pyridine rings is 1. The molecule has 0 aliphatic carbocycles. The lowest BCUT2D eigenvalue weighted by Crippen LogP contribution is -2.23. The Morgan fingerprint density at radius 1 is 1.22 bits per heavy atom. The van der Waals surface area contributed by atoms with Gasteiger partial charge in [-0.2, -0.15) is 5.10 Å². The van der Waals surface area contributed by atoms with Gasteiger partial charge in [0.2, 0.25) is 0 Å². The van der Waals surface area contributed by atoms with Crippen molar-refractivity contribution in [1.29, 1.82) is 0 Å². The summed E-state index contributed by atoms with van der Waals surface area (Å²) in [6.07, 6.45) is 10.5. The van der Waals surface area contributed by atoms with Crippen molar-refractivity contribution in [3.05, 3.63) is 65.0 Å². The summed E-state index contributed by atoms with van der Waals surface area (Å²) in [7, 11) is 0. The molecule has 2 rings (SSSR count). The number of H-pyrrole nitrogens is 1. The van der Waals surface area contributed by atoms with E-state index in [-0.39, 0.29) is 0 Å². The van der Waals surface area contributed by atoms with E-state index in [1.807, 2.05) is 19.1 Å². The molecule has 3 N–H and O–H groups in total. The van der Waals surface area contributed by atoms with E-state index in [1.165, 1.54) is 0 Å². The molecule has 0 unspecified atom stereocenters. The standard InChI is InChI=1S/C19H18N4/c1-5-9-16-17(8-4)22-23-18(16)11-10-15-14(7-3)13(6-2)12-21-19(15)20/h5-9,12,22H,1-3H2,4H3,(H2,20,21)/b16-9+,17-8+. The third kappa shape index (κ3) is 3.14. The Labute approximate surface area is 135 Å². The second-order valence-corrected chi connectivity index (χ2v) is 4.64. The molecule has 0 spiro atoms. The summed E-state index contributed by atoms with van der Waals surface area (Å²) in [5.74, 6) is 6.45. The molecule has 0 amide bonds. The number of hydrogen-bond acceptors (Lipinski definition) is 3. The molecule has 2 aromatic heterocycles. The van der Waals surface area contributed by atoms with Crippen molar-refractivity contribution >= 4 is 30.1 Å². The lowest BCUT2D eigenvalue weighted by atomic mass is 10.0. The molecule has 0 atom stereocenters. The maximum atomic E-state index is 5.96. The van der Waals surface area contributed by atoms with Gasteiger partial charge in [-0.15, -0.1) is 0 Å². The van der Waals surface area contributed by atoms with E-state index in [0.717, 1.165) is 21.7 Å². The molecule has 0 bridgehead atoms. The molecule has 0 radical (unpaired) electrons. The van der Waals surface area contributed by atoms with Crippen molar-refractivity contribution in [2.45, 2.75) is 6.92 Å². The van der Waals surface area contributed by atoms with Gasteiger partial charge in [0.1, 0.15) is 11.5 Å². The van der Waals surface area contributed by atoms with Gasteiger partial charge in [0.15, 0.2) is 0 Å². The number of aromatic amines is 1. The van der Waals surface area contributed by atoms with Crippen LogP contribution in [-0.4, -0.2) is 15.2 Å². The summed E-state index contributed by atoms with van der Waals surface area (Å²) in [5.41, 5.74) is 8.84. The van der Waals surface area contributed by atoms with Crippen molar-refractivity contribution in [2.75, 3.05) is 5.73 Å². The van der Waals surface area contributed by atoms with Crippen LogP contribution in [0.4, 0.5) is 5.82 Å². The highest BCUT2D eigenvalue weighted by Gasteiger charge is 2.07. The van der Waals surface area contributed by atoms with Crippen molar-refractivity contribution in [3.8, 4) is 11.8 Å². The van der Waals surface area contributed by atoms with Crippen molar-refractivity contribution < 1.29 is 0 Å². The molecular weight excluding hydrogens is 284 g/mol. The van der Waals surface area contributed by atoms with E-state index < -0.39 is 0 Å². The predicted molar refractivity (Wildman–Crippen MR) is 97.5 cm³/mol. The van der Waals surface area contributed by atoms with Gasteiger partial charge in [0.05, 0.1) is 10.9 Å². The van der Waals surface area contributed by atoms with Crippen LogP contribution in [0.1, 0.15) is 29.3 Å². The van der Waals surface area contributed by atoms with Crippen LogP contribution in [0.25, 0.3) is 24.3 Å². The number of allylic oxidation sites excluding steroid dienone is 1. The number of nitrogens with one attached hydrogen (secondary N) is 1. The van der Waals surface area contributed by atoms with Gasteiger partial charge < -0.3 is 5.73 Å². The number of nitrogen functional groups attached to an aromatic ring is 1. The summed E-state index contributed by atoms with van der Waals surface area (Å²) in [5, 5.41) is 8.96. The van der Waals surface area contributed by atoms with Crippen LogP contribution < -0.4 is 16.3 Å². The first-order valence-electron chi connectivity index (χ1n) is 7.05. The van der Waals surface area contributed by atoms with E-state index in [2.05, 4.69) is 46.8 Å². The third-order valence-corrected chi connectivity index (χ3v) is 3.32. The average molecular weight is 302 g/mol. The Hall–Kier alpha value is -3.32. The van der Waals surface area contributed by atoms with Gasteiger partial charge in [-0.1, -0.05) is 56.0 Å². The van der Waals surface area contributed by atoms with E-state index in [4.69, 9.17) is 5.73 Å². The topological polar surface area (TPSA) is 67.6 Å². The molecule has 2 aromatic rings. The highest BCUT2D eigenvalue weighted by atomic mass is 15.1. The minimum absolute atomic E-state index is 0.352. The van der Waals surface area contributed by atoms with E-state index in [9.17, 15) is 0 Å². The minimum atomic E-state index is 0.352. The zero-order valence-corrected chi connectivity index (χ0v) is 13.1. The van der Waals surface area contributed by atoms with Crippen LogP contribution in [0.2, 0.25) is 0 Å². The maximum Gasteiger partial charge on any atom is 0.143 e. The average Bonchev–Trinajstić information content (AvgIpc) is 2.95. The van der Waals surface area contributed by atoms with Crippen LogP contribution in [0.3, 0.4) is 0 Å². The molecule has 0 aromatic carbocycles. The van der Waals surface area contributed by atoms with Crippen LogP contribution in [-0.2, 0) is 0 Å². The molecule has 0 fully saturated rings. The molecule has 0 saturated heterocycles. The Kier molecular flexibility index (Phi) is 4.96. The monoisotopic (exact) mass is 302 g/mol. The van der Waals surface area contributed by atoms with Crippen LogP contribution in [0.5, 0.6) is 0 Å². The number of rotatable bonds is 3. The number of aromatic nitrogens is 3. The van der Waals surface area contributed by atoms with Crippen molar-refractivity contribution in [3.63, 3.8) is 0 Å². The van der Waals surface area contributed by atoms with Gasteiger partial charge in [0.25, 0.3) is 0 Å². The predicted octanol–water partition coefficient (Wildman–Crippen LogP) is 1.84. The summed E-state index contributed by atoms with van der Waals surface area (Å²) in [6.45, 7) is 13.2. The van der Waals surface area contributed by atoms with Crippen LogP contribution in [0, 0.1) is 11.8 Å². The summed E-state index contributed by atoms with van der Waals surface area (Å²) < 4.78 is 0. The van der Waals surface area contributed by atoms with Gasteiger partial charge >= 0.3 is 0 Å². The van der Waals surface area contributed by atoms with Crippen LogP contribution in [0.15, 0.2) is 32.0 Å². The van der Waals surface area contributed by atoms with Gasteiger partial charge in [0, 0.05) is 22.5 Å². The highest BCUT2D eigenvalue weighted by molar-refractivity contribution is 5.73. The Balaban J connectivity index is 2.68. The molecule has 4 nitrogen and oxygen atoms in total. The Bertz CT molecular complexity index is 950. The molecule has 114 valence electrons. The van der Waals surface area contributed by atoms with E-state index in [1.54, 1.807) is 24.4 Å². The van der Waals surface area contributed by atoms with Gasteiger partial charge in [-0.3, -0.25) is 5.10 Å². The first-order valence-corrected chi connectivity index (χ1v) is 7.05. The van der Waals surface area contributed by atoms with Crippen LogP contribution >= 0.6 is 0 Å². The third-order valence-electron chi connectivity index (χ3n) is 3.32. The highest BCUT2D eigenvalue weighted by Crippen LogP contribution is 2.20. The summed E-state index contributed by atoms with van der Waals surface area (Å²) in [4.78, 5) is 4.15. The maximum absolute atomic E-state index is 5.96. The zero-order chi connectivity index (χ0) is 16.8. The molecule has 0 aliphatic heterocycles. The molecule has 23 heavy (non-hydrogen) atoms. The molecule has 0 aliphatic rings. The first kappa shape index (κ1) is 16.1. The number of anilines is 1. The molecule has 0 saturated carbocycles. The zero-order valence-electron chi connectivity index (χ0n) is 13.1. The minimum Gasteiger partial charge on any atom is -0.383 e. The van der Waals surface area contributed by atoms with Crippen molar-refractivity contribution in [2.24, 2.45) is 0 Å². The van der Waals surface area contributed by atoms with E-state index in [0.29, 0.717) is 17.1 Å². The Morgan fingerprint density at radius 2 is 2.00 bits per heavy atom. The lowest BCUT2D eigenvalue weighted by molar-refractivity contribution is 1.05. The molecule has 4 heteroatoms. The second kappa shape index (κ2) is 7.10. The Morgan fingerprint density at radius 3 is 2.61 bits per heavy atom. The fourth-order valence-electron chi connectivity index (χ4n) is 2.16. The first-order chi connectivity index (χ1) is 11.2. The largest absolute Gasteiger partial charge is 0.383 e. The number of nitrogens with two attached hydrogens (primary N) is 1. The number of hydrogen-bond donors (Lipinski definition) is 2. The molecular formula is C19H18N4. The fourth-order valence-corrected chi connectivity index (χ4v) is 2.16. The van der Waals surface area contributed by atoms with Gasteiger partial charge in [-0.25, -0.2) is 4.98 Å². The smallest absolute Gasteiger partial charge is 0.143 e. The second-order valence-electron chi connectivity index (χ2n) is 4.64. The summed E-state index contributed by atoms with van der Waals surface area (Å²) >= 11 is 0. The fraction of sp³-hybridized carbons (Fsp3) is 0.0526. The number of nitrogens with zero attached hydrogens (tertiary/aromatic N) is 2. The SMILES string of the molecule is C=C/C=c1/c(C#Cc2c(N)ncc(C=C)c2C=C)n[nH]/c1=C/C. The van der Waals surface area contributed by atoms with Crippen molar-refractivity contribution in [1.82, 2.24) is 15.2 Å². The lowest BCUT2D eigenvalue weighted by Gasteiger charge is -2.05. The molecule has 2 heterocycles. The van der Waals surface area contributed by atoms with Gasteiger partial charge in [-0.05, 0) is 12.8 Å². The normalized spacial score (nSPS) is 11.7.